The van der Waals surface area contributed by atoms with Crippen molar-refractivity contribution in [3.8, 4) is 0 Å². The highest BCUT2D eigenvalue weighted by Gasteiger charge is 2.06. The summed E-state index contributed by atoms with van der Waals surface area (Å²) in [6.45, 7) is 1.43. The highest BCUT2D eigenvalue weighted by Crippen LogP contribution is 2.13. The minimum Gasteiger partial charge on any atom is -0.322 e. The number of pyridine rings is 1. The van der Waals surface area contributed by atoms with E-state index in [2.05, 4.69) is 15.6 Å². The second kappa shape index (κ2) is 8.17. The van der Waals surface area contributed by atoms with Crippen molar-refractivity contribution in [2.24, 2.45) is 0 Å². The summed E-state index contributed by atoms with van der Waals surface area (Å²) in [6, 6.07) is 17.0. The number of nitrogens with zero attached hydrogens (tertiary/aromatic N) is 1. The molecule has 0 atom stereocenters. The van der Waals surface area contributed by atoms with Gasteiger partial charge in [0.05, 0.1) is 0 Å². The number of rotatable bonds is 6. The van der Waals surface area contributed by atoms with E-state index in [4.69, 9.17) is 0 Å². The molecule has 0 spiro atoms. The zero-order valence-electron chi connectivity index (χ0n) is 13.6. The average molecular weight is 335 g/mol. The fourth-order valence-electron chi connectivity index (χ4n) is 2.42. The lowest BCUT2D eigenvalue weighted by molar-refractivity contribution is 0.102. The van der Waals surface area contributed by atoms with Crippen LogP contribution in [0, 0.1) is 5.82 Å². The molecular weight excluding hydrogens is 317 g/mol. The molecule has 0 fully saturated rings. The summed E-state index contributed by atoms with van der Waals surface area (Å²) < 4.78 is 12.9. The first-order chi connectivity index (χ1) is 12.2. The molecule has 0 saturated carbocycles. The van der Waals surface area contributed by atoms with Crippen molar-refractivity contribution >= 4 is 11.6 Å². The Kier molecular flexibility index (Phi) is 5.49. The van der Waals surface area contributed by atoms with Gasteiger partial charge in [0.25, 0.3) is 5.91 Å². The number of amides is 1. The molecule has 126 valence electrons. The summed E-state index contributed by atoms with van der Waals surface area (Å²) in [6.07, 6.45) is 3.53. The predicted molar refractivity (Wildman–Crippen MR) is 95.6 cm³/mol. The number of carbonyl (C=O) groups is 1. The van der Waals surface area contributed by atoms with Crippen molar-refractivity contribution in [2.75, 3.05) is 5.32 Å². The zero-order valence-corrected chi connectivity index (χ0v) is 13.6. The molecule has 1 aromatic heterocycles. The van der Waals surface area contributed by atoms with Crippen LogP contribution in [0.4, 0.5) is 10.1 Å². The molecule has 2 aromatic carbocycles. The minimum atomic E-state index is -0.362. The molecule has 1 heterocycles. The lowest BCUT2D eigenvalue weighted by Crippen LogP contribution is -2.14. The van der Waals surface area contributed by atoms with E-state index >= 15 is 0 Å². The van der Waals surface area contributed by atoms with E-state index in [1.807, 2.05) is 36.4 Å². The Morgan fingerprint density at radius 3 is 2.40 bits per heavy atom. The van der Waals surface area contributed by atoms with E-state index in [0.717, 1.165) is 17.7 Å². The van der Waals surface area contributed by atoms with Gasteiger partial charge in [0, 0.05) is 36.7 Å². The highest BCUT2D eigenvalue weighted by molar-refractivity contribution is 6.04. The summed E-state index contributed by atoms with van der Waals surface area (Å²) in [5, 5.41) is 6.18. The lowest BCUT2D eigenvalue weighted by Gasteiger charge is -2.09. The number of anilines is 1. The molecule has 5 heteroatoms. The Labute approximate surface area is 145 Å². The second-order valence-electron chi connectivity index (χ2n) is 5.62. The summed E-state index contributed by atoms with van der Waals surface area (Å²) in [4.78, 5) is 16.2. The SMILES string of the molecule is O=C(Nc1cccc(CNCc2ccncc2)c1)c1ccc(F)cc1. The van der Waals surface area contributed by atoms with E-state index in [1.165, 1.54) is 24.3 Å². The van der Waals surface area contributed by atoms with Crippen LogP contribution in [0.15, 0.2) is 73.1 Å². The van der Waals surface area contributed by atoms with Crippen LogP contribution in [-0.4, -0.2) is 10.9 Å². The number of benzene rings is 2. The van der Waals surface area contributed by atoms with Gasteiger partial charge in [-0.15, -0.1) is 0 Å². The van der Waals surface area contributed by atoms with Crippen LogP contribution in [0.25, 0.3) is 0 Å². The predicted octanol–water partition coefficient (Wildman–Crippen LogP) is 3.76. The molecule has 0 aliphatic carbocycles. The molecular formula is C20H18FN3O. The number of nitrogens with one attached hydrogen (secondary N) is 2. The van der Waals surface area contributed by atoms with Gasteiger partial charge in [-0.05, 0) is 59.7 Å². The fourth-order valence-corrected chi connectivity index (χ4v) is 2.42. The summed E-state index contributed by atoms with van der Waals surface area (Å²) in [5.41, 5.74) is 3.35. The summed E-state index contributed by atoms with van der Waals surface area (Å²) >= 11 is 0. The Balaban J connectivity index is 1.57. The maximum Gasteiger partial charge on any atom is 0.255 e. The average Bonchev–Trinajstić information content (AvgIpc) is 2.63. The van der Waals surface area contributed by atoms with Gasteiger partial charge in [-0.3, -0.25) is 9.78 Å². The standard InChI is InChI=1S/C20H18FN3O/c21-18-6-4-17(5-7-18)20(25)24-19-3-1-2-16(12-19)14-23-13-15-8-10-22-11-9-15/h1-12,23H,13-14H2,(H,24,25). The molecule has 0 bridgehead atoms. The monoisotopic (exact) mass is 335 g/mol. The van der Waals surface area contributed by atoms with Crippen molar-refractivity contribution in [3.05, 3.63) is 95.6 Å². The summed E-state index contributed by atoms with van der Waals surface area (Å²) in [7, 11) is 0. The van der Waals surface area contributed by atoms with Gasteiger partial charge < -0.3 is 10.6 Å². The highest BCUT2D eigenvalue weighted by atomic mass is 19.1. The third-order valence-electron chi connectivity index (χ3n) is 3.70. The number of hydrogen-bond acceptors (Lipinski definition) is 3. The molecule has 4 nitrogen and oxygen atoms in total. The van der Waals surface area contributed by atoms with Crippen LogP contribution < -0.4 is 10.6 Å². The van der Waals surface area contributed by atoms with Gasteiger partial charge in [-0.25, -0.2) is 4.39 Å². The Morgan fingerprint density at radius 2 is 1.64 bits per heavy atom. The molecule has 0 aliphatic heterocycles. The van der Waals surface area contributed by atoms with Crippen LogP contribution in [0.5, 0.6) is 0 Å². The van der Waals surface area contributed by atoms with Gasteiger partial charge in [-0.2, -0.15) is 0 Å². The Bertz CT molecular complexity index is 835. The van der Waals surface area contributed by atoms with E-state index < -0.39 is 0 Å². The van der Waals surface area contributed by atoms with Crippen LogP contribution >= 0.6 is 0 Å². The smallest absolute Gasteiger partial charge is 0.255 e. The largest absolute Gasteiger partial charge is 0.322 e. The van der Waals surface area contributed by atoms with Crippen molar-refractivity contribution < 1.29 is 9.18 Å². The summed E-state index contributed by atoms with van der Waals surface area (Å²) in [5.74, 6) is -0.624. The molecule has 0 unspecified atom stereocenters. The fraction of sp³-hybridized carbons (Fsp3) is 0.100. The first-order valence-electron chi connectivity index (χ1n) is 7.96. The maximum atomic E-state index is 12.9. The third-order valence-corrected chi connectivity index (χ3v) is 3.70. The molecule has 0 saturated heterocycles. The van der Waals surface area contributed by atoms with Crippen LogP contribution in [0.3, 0.4) is 0 Å². The van der Waals surface area contributed by atoms with E-state index in [0.29, 0.717) is 17.8 Å². The zero-order chi connectivity index (χ0) is 17.5. The van der Waals surface area contributed by atoms with Crippen molar-refractivity contribution in [1.29, 1.82) is 0 Å². The molecule has 3 aromatic rings. The van der Waals surface area contributed by atoms with Crippen molar-refractivity contribution in [1.82, 2.24) is 10.3 Å². The number of halogens is 1. The van der Waals surface area contributed by atoms with E-state index in [-0.39, 0.29) is 11.7 Å². The topological polar surface area (TPSA) is 54.0 Å². The number of carbonyl (C=O) groups excluding carboxylic acids is 1. The third kappa shape index (κ3) is 4.96. The van der Waals surface area contributed by atoms with Gasteiger partial charge in [-0.1, -0.05) is 12.1 Å². The van der Waals surface area contributed by atoms with Gasteiger partial charge in [0.15, 0.2) is 0 Å². The normalized spacial score (nSPS) is 10.4. The van der Waals surface area contributed by atoms with E-state index in [1.54, 1.807) is 12.4 Å². The molecule has 0 radical (unpaired) electrons. The molecule has 3 rings (SSSR count). The Hall–Kier alpha value is -3.05. The molecule has 2 N–H and O–H groups in total. The molecule has 25 heavy (non-hydrogen) atoms. The molecule has 1 amide bonds. The number of hydrogen-bond donors (Lipinski definition) is 2. The van der Waals surface area contributed by atoms with Crippen LogP contribution in [-0.2, 0) is 13.1 Å². The minimum absolute atomic E-state index is 0.262. The van der Waals surface area contributed by atoms with Gasteiger partial charge in [0.1, 0.15) is 5.82 Å². The first-order valence-corrected chi connectivity index (χ1v) is 7.96. The second-order valence-corrected chi connectivity index (χ2v) is 5.62. The van der Waals surface area contributed by atoms with Crippen LogP contribution in [0.2, 0.25) is 0 Å². The van der Waals surface area contributed by atoms with Crippen molar-refractivity contribution in [3.63, 3.8) is 0 Å². The van der Waals surface area contributed by atoms with Gasteiger partial charge >= 0.3 is 0 Å². The quantitative estimate of drug-likeness (QED) is 0.721. The molecule has 0 aliphatic rings. The maximum absolute atomic E-state index is 12.9. The first kappa shape index (κ1) is 16.8. The van der Waals surface area contributed by atoms with Gasteiger partial charge in [0.2, 0.25) is 0 Å². The number of aromatic nitrogens is 1. The van der Waals surface area contributed by atoms with Crippen molar-refractivity contribution in [2.45, 2.75) is 13.1 Å². The Morgan fingerprint density at radius 1 is 0.920 bits per heavy atom. The van der Waals surface area contributed by atoms with Crippen LogP contribution in [0.1, 0.15) is 21.5 Å². The van der Waals surface area contributed by atoms with E-state index in [9.17, 15) is 9.18 Å². The lowest BCUT2D eigenvalue weighted by atomic mass is 10.1.